The molecule has 12 heteroatoms. The molecule has 1 aliphatic heterocycles. The zero-order valence-electron chi connectivity index (χ0n) is 17.2. The van der Waals surface area contributed by atoms with E-state index in [9.17, 15) is 9.59 Å². The fourth-order valence-corrected chi connectivity index (χ4v) is 4.83. The SMILES string of the molecule is CCCN(Cc1nnc(-c2cccs2)o1)C(=O)CSc1n[nH]c(=O)n1CC1CCCO1. The molecule has 1 saturated heterocycles. The molecule has 4 rings (SSSR count). The largest absolute Gasteiger partial charge is 0.418 e. The van der Waals surface area contributed by atoms with E-state index in [2.05, 4.69) is 20.4 Å². The number of thiophene rings is 1. The summed E-state index contributed by atoms with van der Waals surface area (Å²) >= 11 is 2.75. The smallest absolute Gasteiger partial charge is 0.344 e. The van der Waals surface area contributed by atoms with E-state index >= 15 is 0 Å². The quantitative estimate of drug-likeness (QED) is 0.454. The number of H-pyrrole nitrogens is 1. The van der Waals surface area contributed by atoms with Gasteiger partial charge in [-0.25, -0.2) is 9.89 Å². The summed E-state index contributed by atoms with van der Waals surface area (Å²) < 4.78 is 12.9. The second-order valence-corrected chi connectivity index (χ2v) is 9.03. The van der Waals surface area contributed by atoms with Crippen LogP contribution in [-0.4, -0.2) is 60.8 Å². The maximum Gasteiger partial charge on any atom is 0.344 e. The first-order chi connectivity index (χ1) is 15.1. The van der Waals surface area contributed by atoms with Gasteiger partial charge >= 0.3 is 5.69 Å². The number of rotatable bonds is 10. The molecule has 166 valence electrons. The Morgan fingerprint density at radius 1 is 1.45 bits per heavy atom. The van der Waals surface area contributed by atoms with Crippen LogP contribution in [0.25, 0.3) is 10.8 Å². The molecule has 0 aliphatic carbocycles. The standard InChI is InChI=1S/C19H24N6O4S2/c1-2-7-24(11-15-20-21-17(29-15)14-6-4-9-30-14)16(26)12-31-19-23-22-18(27)25(19)10-13-5-3-8-28-13/h4,6,9,13H,2-3,5,7-8,10-12H2,1H3,(H,22,27). The van der Waals surface area contributed by atoms with Crippen molar-refractivity contribution in [3.05, 3.63) is 33.9 Å². The fourth-order valence-electron chi connectivity index (χ4n) is 3.33. The second-order valence-electron chi connectivity index (χ2n) is 7.14. The second kappa shape index (κ2) is 10.2. The molecule has 1 atom stereocenters. The molecule has 1 N–H and O–H groups in total. The summed E-state index contributed by atoms with van der Waals surface area (Å²) in [5, 5.41) is 17.1. The molecule has 3 aromatic rings. The van der Waals surface area contributed by atoms with Crippen molar-refractivity contribution in [2.45, 2.75) is 50.5 Å². The van der Waals surface area contributed by atoms with Crippen LogP contribution in [0.1, 0.15) is 32.1 Å². The van der Waals surface area contributed by atoms with E-state index in [0.717, 1.165) is 24.1 Å². The third-order valence-corrected chi connectivity index (χ3v) is 6.65. The lowest BCUT2D eigenvalue weighted by atomic mass is 10.2. The number of aromatic nitrogens is 5. The zero-order chi connectivity index (χ0) is 21.6. The van der Waals surface area contributed by atoms with Gasteiger partial charge in [0.25, 0.3) is 5.89 Å². The third kappa shape index (κ3) is 5.43. The molecule has 0 radical (unpaired) electrons. The molecule has 1 unspecified atom stereocenters. The van der Waals surface area contributed by atoms with E-state index in [1.165, 1.54) is 23.1 Å². The van der Waals surface area contributed by atoms with Crippen molar-refractivity contribution in [1.29, 1.82) is 0 Å². The summed E-state index contributed by atoms with van der Waals surface area (Å²) in [7, 11) is 0. The summed E-state index contributed by atoms with van der Waals surface area (Å²) in [6.07, 6.45) is 2.72. The lowest BCUT2D eigenvalue weighted by Crippen LogP contribution is -2.33. The predicted molar refractivity (Wildman–Crippen MR) is 116 cm³/mol. The molecule has 0 spiro atoms. The molecule has 0 aromatic carbocycles. The van der Waals surface area contributed by atoms with Crippen LogP contribution in [0.5, 0.6) is 0 Å². The first-order valence-corrected chi connectivity index (χ1v) is 12.0. The topological polar surface area (TPSA) is 119 Å². The van der Waals surface area contributed by atoms with E-state index in [4.69, 9.17) is 9.15 Å². The van der Waals surface area contributed by atoms with Crippen molar-refractivity contribution in [3.8, 4) is 10.8 Å². The number of amides is 1. The Bertz CT molecular complexity index is 1040. The molecular formula is C19H24N6O4S2. The van der Waals surface area contributed by atoms with Gasteiger partial charge in [-0.2, -0.15) is 0 Å². The lowest BCUT2D eigenvalue weighted by molar-refractivity contribution is -0.129. The van der Waals surface area contributed by atoms with Gasteiger partial charge in [-0.15, -0.1) is 26.6 Å². The van der Waals surface area contributed by atoms with E-state index in [1.54, 1.807) is 9.47 Å². The van der Waals surface area contributed by atoms with Gasteiger partial charge in [-0.1, -0.05) is 24.8 Å². The summed E-state index contributed by atoms with van der Waals surface area (Å²) in [5.41, 5.74) is -0.289. The number of hydrogen-bond acceptors (Lipinski definition) is 9. The number of ether oxygens (including phenoxy) is 1. The van der Waals surface area contributed by atoms with Crippen LogP contribution in [0, 0.1) is 0 Å². The molecule has 3 aromatic heterocycles. The molecule has 1 fully saturated rings. The van der Waals surface area contributed by atoms with E-state index in [-0.39, 0.29) is 30.0 Å². The Hall–Kier alpha value is -2.44. The van der Waals surface area contributed by atoms with Crippen LogP contribution < -0.4 is 5.69 Å². The number of nitrogens with one attached hydrogen (secondary N) is 1. The van der Waals surface area contributed by atoms with Crippen LogP contribution in [0.15, 0.2) is 31.9 Å². The maximum absolute atomic E-state index is 12.9. The average molecular weight is 465 g/mol. The van der Waals surface area contributed by atoms with Crippen LogP contribution in [0.4, 0.5) is 0 Å². The Balaban J connectivity index is 1.37. The van der Waals surface area contributed by atoms with E-state index in [0.29, 0.717) is 36.6 Å². The number of carbonyl (C=O) groups is 1. The van der Waals surface area contributed by atoms with Gasteiger partial charge in [-0.3, -0.25) is 9.36 Å². The predicted octanol–water partition coefficient (Wildman–Crippen LogP) is 2.39. The Labute approximate surface area is 187 Å². The highest BCUT2D eigenvalue weighted by molar-refractivity contribution is 7.99. The number of hydrogen-bond donors (Lipinski definition) is 1. The van der Waals surface area contributed by atoms with Crippen molar-refractivity contribution in [2.75, 3.05) is 18.9 Å². The molecule has 1 amide bonds. The van der Waals surface area contributed by atoms with Gasteiger partial charge in [0.1, 0.15) is 0 Å². The van der Waals surface area contributed by atoms with Gasteiger partial charge in [0.15, 0.2) is 5.16 Å². The summed E-state index contributed by atoms with van der Waals surface area (Å²) in [6.45, 7) is 3.98. The Morgan fingerprint density at radius 2 is 2.35 bits per heavy atom. The molecule has 31 heavy (non-hydrogen) atoms. The van der Waals surface area contributed by atoms with Crippen LogP contribution >= 0.6 is 23.1 Å². The lowest BCUT2D eigenvalue weighted by Gasteiger charge is -2.20. The minimum absolute atomic E-state index is 0.0111. The summed E-state index contributed by atoms with van der Waals surface area (Å²) in [6, 6.07) is 3.83. The highest BCUT2D eigenvalue weighted by Gasteiger charge is 2.22. The van der Waals surface area contributed by atoms with Crippen molar-refractivity contribution >= 4 is 29.0 Å². The Morgan fingerprint density at radius 3 is 3.10 bits per heavy atom. The highest BCUT2D eigenvalue weighted by Crippen LogP contribution is 2.24. The van der Waals surface area contributed by atoms with Crippen molar-refractivity contribution in [3.63, 3.8) is 0 Å². The number of thioether (sulfide) groups is 1. The maximum atomic E-state index is 12.9. The highest BCUT2D eigenvalue weighted by atomic mass is 32.2. The minimum Gasteiger partial charge on any atom is -0.418 e. The molecule has 1 aliphatic rings. The molecular weight excluding hydrogens is 440 g/mol. The monoisotopic (exact) mass is 464 g/mol. The molecule has 0 saturated carbocycles. The van der Waals surface area contributed by atoms with Gasteiger partial charge in [0.05, 0.1) is 29.8 Å². The van der Waals surface area contributed by atoms with Gasteiger partial charge in [0, 0.05) is 13.2 Å². The van der Waals surface area contributed by atoms with Crippen molar-refractivity contribution < 1.29 is 13.9 Å². The number of aromatic amines is 1. The molecule has 10 nitrogen and oxygen atoms in total. The zero-order valence-corrected chi connectivity index (χ0v) is 18.8. The normalized spacial score (nSPS) is 16.1. The minimum atomic E-state index is -0.289. The third-order valence-electron chi connectivity index (χ3n) is 4.83. The van der Waals surface area contributed by atoms with Crippen LogP contribution in [0.3, 0.4) is 0 Å². The summed E-state index contributed by atoms with van der Waals surface area (Å²) in [4.78, 5) is 27.6. The van der Waals surface area contributed by atoms with Gasteiger partial charge in [-0.05, 0) is 30.7 Å². The van der Waals surface area contributed by atoms with Crippen molar-refractivity contribution in [2.24, 2.45) is 0 Å². The number of nitrogens with zero attached hydrogens (tertiary/aromatic N) is 5. The first kappa shape index (κ1) is 21.8. The van der Waals surface area contributed by atoms with E-state index < -0.39 is 0 Å². The average Bonchev–Trinajstić information content (AvgIpc) is 3.56. The molecule has 4 heterocycles. The number of carbonyl (C=O) groups excluding carboxylic acids is 1. The fraction of sp³-hybridized carbons (Fsp3) is 0.526. The van der Waals surface area contributed by atoms with Gasteiger partial charge in [0.2, 0.25) is 11.8 Å². The van der Waals surface area contributed by atoms with E-state index in [1.807, 2.05) is 24.4 Å². The molecule has 0 bridgehead atoms. The Kier molecular flexibility index (Phi) is 7.20. The van der Waals surface area contributed by atoms with Crippen molar-refractivity contribution in [1.82, 2.24) is 29.9 Å². The first-order valence-electron chi connectivity index (χ1n) is 10.2. The van der Waals surface area contributed by atoms with Crippen LogP contribution in [0.2, 0.25) is 0 Å². The van der Waals surface area contributed by atoms with Crippen LogP contribution in [-0.2, 0) is 22.6 Å². The van der Waals surface area contributed by atoms with Gasteiger partial charge < -0.3 is 14.1 Å². The summed E-state index contributed by atoms with van der Waals surface area (Å²) in [5.74, 6) is 0.923.